The summed E-state index contributed by atoms with van der Waals surface area (Å²) in [4.78, 5) is 10.8. The first-order chi connectivity index (χ1) is 20.1. The molecule has 1 aliphatic rings. The molecule has 8 rings (SSSR count). The molecular formula is C39H28N2. The average Bonchev–Trinajstić information content (AvgIpc) is 3.25. The minimum Gasteiger partial charge on any atom is -0.228 e. The number of fused-ring (bicyclic) bond motifs is 5. The van der Waals surface area contributed by atoms with Gasteiger partial charge in [0.2, 0.25) is 0 Å². The Morgan fingerprint density at radius 1 is 0.463 bits per heavy atom. The fourth-order valence-corrected chi connectivity index (χ4v) is 6.56. The number of rotatable bonds is 3. The lowest BCUT2D eigenvalue weighted by Crippen LogP contribution is -2.17. The Morgan fingerprint density at radius 2 is 1.07 bits per heavy atom. The topological polar surface area (TPSA) is 25.8 Å². The number of hydrogen-bond acceptors (Lipinski definition) is 2. The molecule has 7 aromatic rings. The lowest BCUT2D eigenvalue weighted by atomic mass is 9.80. The molecule has 0 bridgehead atoms. The minimum atomic E-state index is -0.260. The van der Waals surface area contributed by atoms with Crippen molar-refractivity contribution in [1.29, 1.82) is 0 Å². The molecule has 194 valence electrons. The third-order valence-corrected chi connectivity index (χ3v) is 8.62. The molecular weight excluding hydrogens is 496 g/mol. The van der Waals surface area contributed by atoms with Gasteiger partial charge in [0.15, 0.2) is 5.82 Å². The Bertz CT molecular complexity index is 2120. The molecule has 2 heteroatoms. The summed E-state index contributed by atoms with van der Waals surface area (Å²) >= 11 is 0. The summed E-state index contributed by atoms with van der Waals surface area (Å²) in [6.45, 7) is 4.63. The average molecular weight is 525 g/mol. The van der Waals surface area contributed by atoms with E-state index < -0.39 is 0 Å². The van der Waals surface area contributed by atoms with Crippen LogP contribution in [-0.2, 0) is 5.41 Å². The molecule has 0 unspecified atom stereocenters. The highest BCUT2D eigenvalue weighted by Crippen LogP contribution is 2.52. The number of benzene rings is 6. The van der Waals surface area contributed by atoms with E-state index in [2.05, 4.69) is 147 Å². The largest absolute Gasteiger partial charge is 0.228 e. The van der Waals surface area contributed by atoms with Gasteiger partial charge in [-0.25, -0.2) is 9.97 Å². The molecule has 0 spiro atoms. The first-order valence-corrected chi connectivity index (χ1v) is 14.2. The maximum atomic E-state index is 5.41. The van der Waals surface area contributed by atoms with Gasteiger partial charge in [-0.2, -0.15) is 0 Å². The molecule has 0 atom stereocenters. The van der Waals surface area contributed by atoms with Gasteiger partial charge in [0.05, 0.1) is 11.4 Å². The monoisotopic (exact) mass is 524 g/mol. The van der Waals surface area contributed by atoms with E-state index in [4.69, 9.17) is 9.97 Å². The van der Waals surface area contributed by atoms with E-state index in [1.54, 1.807) is 0 Å². The van der Waals surface area contributed by atoms with Crippen LogP contribution in [0.25, 0.3) is 66.6 Å². The van der Waals surface area contributed by atoms with Gasteiger partial charge in [-0.1, -0.05) is 129 Å². The molecule has 41 heavy (non-hydrogen) atoms. The van der Waals surface area contributed by atoms with Crippen molar-refractivity contribution in [2.45, 2.75) is 19.3 Å². The molecule has 6 aromatic carbocycles. The van der Waals surface area contributed by atoms with Crippen molar-refractivity contribution in [3.63, 3.8) is 0 Å². The third-order valence-electron chi connectivity index (χ3n) is 8.62. The van der Waals surface area contributed by atoms with Gasteiger partial charge in [0.25, 0.3) is 0 Å². The lowest BCUT2D eigenvalue weighted by Gasteiger charge is -2.24. The van der Waals surface area contributed by atoms with Crippen molar-refractivity contribution in [2.75, 3.05) is 0 Å². The highest BCUT2D eigenvalue weighted by atomic mass is 14.9. The van der Waals surface area contributed by atoms with Crippen molar-refractivity contribution in [3.8, 4) is 45.0 Å². The van der Waals surface area contributed by atoms with Crippen molar-refractivity contribution in [1.82, 2.24) is 9.97 Å². The van der Waals surface area contributed by atoms with Crippen molar-refractivity contribution < 1.29 is 0 Å². The van der Waals surface area contributed by atoms with Gasteiger partial charge in [0, 0.05) is 27.7 Å². The molecule has 0 N–H and O–H groups in total. The van der Waals surface area contributed by atoms with E-state index in [0.717, 1.165) is 33.7 Å². The van der Waals surface area contributed by atoms with E-state index in [-0.39, 0.29) is 5.41 Å². The van der Waals surface area contributed by atoms with Gasteiger partial charge < -0.3 is 0 Å². The maximum absolute atomic E-state index is 5.41. The summed E-state index contributed by atoms with van der Waals surface area (Å²) in [7, 11) is 0. The van der Waals surface area contributed by atoms with Gasteiger partial charge in [-0.15, -0.1) is 0 Å². The van der Waals surface area contributed by atoms with Crippen molar-refractivity contribution >= 4 is 21.5 Å². The lowest BCUT2D eigenvalue weighted by molar-refractivity contribution is 0.658. The Hall–Kier alpha value is -5.08. The zero-order valence-corrected chi connectivity index (χ0v) is 23.1. The van der Waals surface area contributed by atoms with Crippen LogP contribution in [0.3, 0.4) is 0 Å². The van der Waals surface area contributed by atoms with Crippen LogP contribution in [0.5, 0.6) is 0 Å². The zero-order chi connectivity index (χ0) is 27.6. The SMILES string of the molecule is CC1(C)c2cc3ccccc3cc2-c2nc(-c3cccc4ccccc34)nc(-c3cccc(-c4ccccc4)c3)c21. The normalized spacial score (nSPS) is 13.3. The van der Waals surface area contributed by atoms with Crippen LogP contribution in [-0.4, -0.2) is 9.97 Å². The van der Waals surface area contributed by atoms with Crippen LogP contribution >= 0.6 is 0 Å². The second-order valence-corrected chi connectivity index (χ2v) is 11.5. The van der Waals surface area contributed by atoms with E-state index in [9.17, 15) is 0 Å². The first kappa shape index (κ1) is 23.8. The molecule has 1 heterocycles. The summed E-state index contributed by atoms with van der Waals surface area (Å²) in [5.41, 5.74) is 10.0. The molecule has 0 aliphatic heterocycles. The van der Waals surface area contributed by atoms with Crippen LogP contribution in [0.2, 0.25) is 0 Å². The maximum Gasteiger partial charge on any atom is 0.161 e. The van der Waals surface area contributed by atoms with Gasteiger partial charge in [0.1, 0.15) is 0 Å². The predicted octanol–water partition coefficient (Wildman–Crippen LogP) is 10.1. The summed E-state index contributed by atoms with van der Waals surface area (Å²) in [6, 6.07) is 47.6. The van der Waals surface area contributed by atoms with E-state index in [0.29, 0.717) is 0 Å². The minimum absolute atomic E-state index is 0.260. The smallest absolute Gasteiger partial charge is 0.161 e. The number of aromatic nitrogens is 2. The second-order valence-electron chi connectivity index (χ2n) is 11.5. The van der Waals surface area contributed by atoms with Gasteiger partial charge in [-0.3, -0.25) is 0 Å². The van der Waals surface area contributed by atoms with Crippen LogP contribution in [0.15, 0.2) is 133 Å². The van der Waals surface area contributed by atoms with Crippen LogP contribution in [0.1, 0.15) is 25.0 Å². The fourth-order valence-electron chi connectivity index (χ4n) is 6.56. The van der Waals surface area contributed by atoms with Gasteiger partial charge in [-0.05, 0) is 56.4 Å². The molecule has 0 saturated heterocycles. The van der Waals surface area contributed by atoms with Crippen molar-refractivity contribution in [2.24, 2.45) is 0 Å². The highest BCUT2D eigenvalue weighted by molar-refractivity contribution is 5.98. The van der Waals surface area contributed by atoms with E-state index in [1.807, 2.05) is 0 Å². The van der Waals surface area contributed by atoms with E-state index >= 15 is 0 Å². The van der Waals surface area contributed by atoms with Crippen LogP contribution < -0.4 is 0 Å². The Balaban J connectivity index is 1.45. The standard InChI is InChI=1S/C39H28N2/c1-39(2)34-24-29-16-7-6-15-28(29)23-33(34)37-35(39)36(30-19-10-18-27(22-30)25-12-4-3-5-13-25)40-38(41-37)32-21-11-17-26-14-8-9-20-31(26)32/h3-24H,1-2H3. The van der Waals surface area contributed by atoms with Crippen LogP contribution in [0, 0.1) is 0 Å². The summed E-state index contributed by atoms with van der Waals surface area (Å²) in [6.07, 6.45) is 0. The molecule has 0 amide bonds. The Morgan fingerprint density at radius 3 is 1.90 bits per heavy atom. The Labute approximate surface area is 240 Å². The number of nitrogens with zero attached hydrogens (tertiary/aromatic N) is 2. The fraction of sp³-hybridized carbons (Fsp3) is 0.0769. The third kappa shape index (κ3) is 3.72. The predicted molar refractivity (Wildman–Crippen MR) is 171 cm³/mol. The van der Waals surface area contributed by atoms with E-state index in [1.165, 1.54) is 44.0 Å². The molecule has 1 aromatic heterocycles. The highest BCUT2D eigenvalue weighted by Gasteiger charge is 2.40. The summed E-state index contributed by atoms with van der Waals surface area (Å²) < 4.78 is 0. The molecule has 0 radical (unpaired) electrons. The summed E-state index contributed by atoms with van der Waals surface area (Å²) in [5.74, 6) is 0.762. The zero-order valence-electron chi connectivity index (χ0n) is 23.1. The van der Waals surface area contributed by atoms with Crippen molar-refractivity contribution in [3.05, 3.63) is 145 Å². The molecule has 0 saturated carbocycles. The van der Waals surface area contributed by atoms with Crippen LogP contribution in [0.4, 0.5) is 0 Å². The Kier molecular flexibility index (Phi) is 5.20. The summed E-state index contributed by atoms with van der Waals surface area (Å²) in [5, 5.41) is 4.83. The molecule has 1 aliphatic carbocycles. The molecule has 2 nitrogen and oxygen atoms in total. The number of hydrogen-bond donors (Lipinski definition) is 0. The second kappa shape index (κ2) is 8.97. The quantitative estimate of drug-likeness (QED) is 0.230. The molecule has 0 fully saturated rings. The van der Waals surface area contributed by atoms with Gasteiger partial charge >= 0.3 is 0 Å². The first-order valence-electron chi connectivity index (χ1n) is 14.2.